The molecule has 1 fully saturated rings. The van der Waals surface area contributed by atoms with Crippen molar-refractivity contribution < 1.29 is 19.1 Å². The van der Waals surface area contributed by atoms with Crippen molar-refractivity contribution in [1.29, 1.82) is 0 Å². The van der Waals surface area contributed by atoms with Gasteiger partial charge in [-0.1, -0.05) is 0 Å². The number of hydrogen-bond acceptors (Lipinski definition) is 4. The van der Waals surface area contributed by atoms with Crippen LogP contribution in [-0.2, 0) is 6.54 Å². The lowest BCUT2D eigenvalue weighted by Crippen LogP contribution is -2.49. The largest absolute Gasteiger partial charge is 0.475 e. The quantitative estimate of drug-likeness (QED) is 0.892. The number of hydrogen-bond donors (Lipinski definition) is 2. The number of furan rings is 1. The number of nitrogens with zero attached hydrogens (tertiary/aromatic N) is 1. The second-order valence-corrected chi connectivity index (χ2v) is 7.06. The van der Waals surface area contributed by atoms with E-state index in [1.54, 1.807) is 11.0 Å². The van der Waals surface area contributed by atoms with Crippen LogP contribution < -0.4 is 5.32 Å². The number of aromatic carboxylic acids is 1. The molecule has 0 unspecified atom stereocenters. The van der Waals surface area contributed by atoms with Crippen molar-refractivity contribution in [3.8, 4) is 0 Å². The van der Waals surface area contributed by atoms with Crippen molar-refractivity contribution >= 4 is 23.8 Å². The average Bonchev–Trinajstić information content (AvgIpc) is 2.83. The summed E-state index contributed by atoms with van der Waals surface area (Å²) < 4.78 is 5.15. The zero-order valence-corrected chi connectivity index (χ0v) is 12.3. The van der Waals surface area contributed by atoms with Gasteiger partial charge in [-0.25, -0.2) is 9.59 Å². The van der Waals surface area contributed by atoms with Crippen LogP contribution in [0.15, 0.2) is 16.5 Å². The molecule has 7 heteroatoms. The molecule has 0 spiro atoms. The second-order valence-electron chi connectivity index (χ2n) is 5.26. The number of rotatable bonds is 3. The summed E-state index contributed by atoms with van der Waals surface area (Å²) in [7, 11) is 0. The van der Waals surface area contributed by atoms with Gasteiger partial charge in [0.15, 0.2) is 0 Å². The smallest absolute Gasteiger partial charge is 0.371 e. The number of urea groups is 1. The van der Waals surface area contributed by atoms with Crippen LogP contribution in [0.3, 0.4) is 0 Å². The van der Waals surface area contributed by atoms with Crippen LogP contribution in [0.5, 0.6) is 0 Å². The Morgan fingerprint density at radius 1 is 1.50 bits per heavy atom. The summed E-state index contributed by atoms with van der Waals surface area (Å²) in [5.74, 6) is 0.119. The zero-order chi connectivity index (χ0) is 14.8. The predicted molar refractivity (Wildman–Crippen MR) is 76.0 cm³/mol. The summed E-state index contributed by atoms with van der Waals surface area (Å²) in [6, 6.07) is 2.79. The highest BCUT2D eigenvalue weighted by atomic mass is 32.2. The van der Waals surface area contributed by atoms with E-state index in [0.717, 1.165) is 12.3 Å². The van der Waals surface area contributed by atoms with Crippen molar-refractivity contribution in [3.63, 3.8) is 0 Å². The molecule has 1 aromatic heterocycles. The summed E-state index contributed by atoms with van der Waals surface area (Å²) in [6.07, 6.45) is 0. The zero-order valence-electron chi connectivity index (χ0n) is 11.5. The van der Waals surface area contributed by atoms with E-state index in [2.05, 4.69) is 19.2 Å². The van der Waals surface area contributed by atoms with Gasteiger partial charge in [0.1, 0.15) is 5.76 Å². The van der Waals surface area contributed by atoms with E-state index < -0.39 is 5.97 Å². The van der Waals surface area contributed by atoms with Gasteiger partial charge in [-0.15, -0.1) is 0 Å². The lowest BCUT2D eigenvalue weighted by Gasteiger charge is -2.37. The summed E-state index contributed by atoms with van der Waals surface area (Å²) in [6.45, 7) is 5.84. The van der Waals surface area contributed by atoms with Gasteiger partial charge in [-0.2, -0.15) is 11.8 Å². The number of carbonyl (C=O) groups excluding carboxylic acids is 1. The van der Waals surface area contributed by atoms with Gasteiger partial charge >= 0.3 is 12.0 Å². The molecule has 6 nitrogen and oxygen atoms in total. The fourth-order valence-electron chi connectivity index (χ4n) is 2.05. The monoisotopic (exact) mass is 298 g/mol. The van der Waals surface area contributed by atoms with Gasteiger partial charge in [-0.3, -0.25) is 0 Å². The maximum Gasteiger partial charge on any atom is 0.371 e. The first-order chi connectivity index (χ1) is 9.37. The Bertz CT molecular complexity index is 512. The molecule has 20 heavy (non-hydrogen) atoms. The molecule has 110 valence electrons. The highest BCUT2D eigenvalue weighted by Gasteiger charge is 2.29. The number of carboxylic acids is 1. The third-order valence-electron chi connectivity index (χ3n) is 3.00. The first-order valence-corrected chi connectivity index (χ1v) is 7.35. The predicted octanol–water partition coefficient (Wildman–Crippen LogP) is 2.01. The van der Waals surface area contributed by atoms with E-state index in [4.69, 9.17) is 9.52 Å². The van der Waals surface area contributed by atoms with Crippen molar-refractivity contribution in [2.45, 2.75) is 25.1 Å². The molecule has 0 bridgehead atoms. The van der Waals surface area contributed by atoms with E-state index in [1.807, 2.05) is 11.8 Å². The fraction of sp³-hybridized carbons (Fsp3) is 0.538. The van der Waals surface area contributed by atoms with Gasteiger partial charge in [0.05, 0.1) is 6.54 Å². The van der Waals surface area contributed by atoms with Crippen LogP contribution in [0, 0.1) is 0 Å². The van der Waals surface area contributed by atoms with Gasteiger partial charge in [-0.05, 0) is 26.0 Å². The third kappa shape index (κ3) is 3.69. The normalized spacial score (nSPS) is 17.8. The Kier molecular flexibility index (Phi) is 4.27. The molecule has 0 aliphatic carbocycles. The molecule has 1 aliphatic heterocycles. The van der Waals surface area contributed by atoms with Gasteiger partial charge in [0.2, 0.25) is 5.76 Å². The Morgan fingerprint density at radius 3 is 2.85 bits per heavy atom. The van der Waals surface area contributed by atoms with Gasteiger partial charge < -0.3 is 19.7 Å². The molecule has 0 saturated carbocycles. The van der Waals surface area contributed by atoms with Crippen molar-refractivity contribution in [3.05, 3.63) is 23.7 Å². The van der Waals surface area contributed by atoms with Crippen LogP contribution >= 0.6 is 11.8 Å². The van der Waals surface area contributed by atoms with Crippen LogP contribution in [0.2, 0.25) is 0 Å². The topological polar surface area (TPSA) is 82.8 Å². The van der Waals surface area contributed by atoms with E-state index in [1.165, 1.54) is 6.07 Å². The summed E-state index contributed by atoms with van der Waals surface area (Å²) in [4.78, 5) is 24.5. The first-order valence-electron chi connectivity index (χ1n) is 6.36. The Hall–Kier alpha value is -1.63. The summed E-state index contributed by atoms with van der Waals surface area (Å²) >= 11 is 1.86. The maximum absolute atomic E-state index is 12.0. The molecule has 2 rings (SSSR count). The SMILES string of the molecule is CC1(C)CN(C(=O)NCc2ccc(C(=O)O)o2)CCS1. The van der Waals surface area contributed by atoms with Gasteiger partial charge in [0, 0.05) is 23.6 Å². The van der Waals surface area contributed by atoms with Crippen LogP contribution in [0.4, 0.5) is 4.79 Å². The molecule has 1 saturated heterocycles. The lowest BCUT2D eigenvalue weighted by atomic mass is 10.2. The van der Waals surface area contributed by atoms with Gasteiger partial charge in [0.25, 0.3) is 0 Å². The average molecular weight is 298 g/mol. The molecule has 0 radical (unpaired) electrons. The Morgan fingerprint density at radius 2 is 2.25 bits per heavy atom. The highest BCUT2D eigenvalue weighted by Crippen LogP contribution is 2.29. The second kappa shape index (κ2) is 5.78. The van der Waals surface area contributed by atoms with Crippen molar-refractivity contribution in [1.82, 2.24) is 10.2 Å². The van der Waals surface area contributed by atoms with E-state index in [0.29, 0.717) is 12.3 Å². The first kappa shape index (κ1) is 14.8. The third-order valence-corrected chi connectivity index (χ3v) is 4.30. The summed E-state index contributed by atoms with van der Waals surface area (Å²) in [5, 5.41) is 11.5. The van der Waals surface area contributed by atoms with Crippen LogP contribution in [-0.4, -0.2) is 45.6 Å². The van der Waals surface area contributed by atoms with E-state index >= 15 is 0 Å². The minimum atomic E-state index is -1.11. The number of amides is 2. The standard InChI is InChI=1S/C13H18N2O4S/c1-13(2)8-15(5-6-20-13)12(18)14-7-9-3-4-10(19-9)11(16)17/h3-4H,5-8H2,1-2H3,(H,14,18)(H,16,17). The number of carboxylic acid groups (broad SMARTS) is 1. The molecule has 0 atom stereocenters. The molecular weight excluding hydrogens is 280 g/mol. The Balaban J connectivity index is 1.86. The number of thioether (sulfide) groups is 1. The fourth-order valence-corrected chi connectivity index (χ4v) is 3.16. The van der Waals surface area contributed by atoms with Crippen LogP contribution in [0.25, 0.3) is 0 Å². The number of carbonyl (C=O) groups is 2. The number of nitrogens with one attached hydrogen (secondary N) is 1. The van der Waals surface area contributed by atoms with Crippen molar-refractivity contribution in [2.75, 3.05) is 18.8 Å². The molecule has 2 N–H and O–H groups in total. The minimum absolute atomic E-state index is 0.0662. The molecule has 0 aromatic carbocycles. The molecule has 1 aliphatic rings. The summed E-state index contributed by atoms with van der Waals surface area (Å²) in [5.41, 5.74) is 0. The van der Waals surface area contributed by atoms with Crippen LogP contribution in [0.1, 0.15) is 30.2 Å². The lowest BCUT2D eigenvalue weighted by molar-refractivity contribution is 0.0660. The Labute approximate surface area is 121 Å². The molecule has 2 amide bonds. The molecule has 1 aromatic rings. The molecule has 2 heterocycles. The maximum atomic E-state index is 12.0. The minimum Gasteiger partial charge on any atom is -0.475 e. The molecular formula is C13H18N2O4S. The van der Waals surface area contributed by atoms with E-state index in [9.17, 15) is 9.59 Å². The van der Waals surface area contributed by atoms with E-state index in [-0.39, 0.29) is 23.1 Å². The van der Waals surface area contributed by atoms with Crippen molar-refractivity contribution in [2.24, 2.45) is 0 Å². The highest BCUT2D eigenvalue weighted by molar-refractivity contribution is 8.00.